The lowest BCUT2D eigenvalue weighted by Gasteiger charge is -2.10. The third-order valence-electron chi connectivity index (χ3n) is 3.27. The Morgan fingerprint density at radius 3 is 2.71 bits per heavy atom. The molecule has 0 unspecified atom stereocenters. The highest BCUT2D eigenvalue weighted by Crippen LogP contribution is 2.31. The summed E-state index contributed by atoms with van der Waals surface area (Å²) in [5, 5.41) is 2.85. The minimum Gasteiger partial charge on any atom is -0.493 e. The van der Waals surface area contributed by atoms with E-state index < -0.39 is 0 Å². The zero-order valence-corrected chi connectivity index (χ0v) is 14.9. The molecule has 0 radical (unpaired) electrons. The molecule has 0 spiro atoms. The van der Waals surface area contributed by atoms with Crippen LogP contribution in [0, 0.1) is 0 Å². The van der Waals surface area contributed by atoms with Gasteiger partial charge in [-0.2, -0.15) is 0 Å². The van der Waals surface area contributed by atoms with Gasteiger partial charge < -0.3 is 14.8 Å². The van der Waals surface area contributed by atoms with Crippen LogP contribution in [0.2, 0.25) is 0 Å². The summed E-state index contributed by atoms with van der Waals surface area (Å²) in [6.07, 6.45) is 0. The Balaban J connectivity index is 1.61. The minimum absolute atomic E-state index is 0.0912. The smallest absolute Gasteiger partial charge is 0.234 e. The Kier molecular flexibility index (Phi) is 5.22. The van der Waals surface area contributed by atoms with Gasteiger partial charge in [0.1, 0.15) is 0 Å². The van der Waals surface area contributed by atoms with Crippen LogP contribution >= 0.6 is 23.1 Å². The summed E-state index contributed by atoms with van der Waals surface area (Å²) in [4.78, 5) is 16.6. The van der Waals surface area contributed by atoms with Gasteiger partial charge in [0.25, 0.3) is 0 Å². The predicted molar refractivity (Wildman–Crippen MR) is 98.5 cm³/mol. The number of ether oxygens (including phenoxy) is 2. The normalized spacial score (nSPS) is 10.6. The molecular formula is C17H16N2O3S2. The number of carbonyl (C=O) groups excluding carboxylic acids is 1. The molecule has 5 nitrogen and oxygen atoms in total. The van der Waals surface area contributed by atoms with Crippen molar-refractivity contribution >= 4 is 44.9 Å². The zero-order chi connectivity index (χ0) is 16.9. The average molecular weight is 360 g/mol. The number of benzene rings is 2. The number of thiazole rings is 1. The Morgan fingerprint density at radius 1 is 1.17 bits per heavy atom. The number of aromatic nitrogens is 1. The number of fused-ring (bicyclic) bond motifs is 1. The van der Waals surface area contributed by atoms with Crippen LogP contribution < -0.4 is 14.8 Å². The Morgan fingerprint density at radius 2 is 1.96 bits per heavy atom. The van der Waals surface area contributed by atoms with Gasteiger partial charge in [0.15, 0.2) is 15.8 Å². The molecule has 1 amide bonds. The third kappa shape index (κ3) is 3.80. The van der Waals surface area contributed by atoms with Crippen molar-refractivity contribution in [1.29, 1.82) is 0 Å². The van der Waals surface area contributed by atoms with Gasteiger partial charge in [-0.1, -0.05) is 23.9 Å². The summed E-state index contributed by atoms with van der Waals surface area (Å²) in [6.45, 7) is 0. The highest BCUT2D eigenvalue weighted by Gasteiger charge is 2.10. The molecule has 2 aromatic carbocycles. The van der Waals surface area contributed by atoms with E-state index in [2.05, 4.69) is 10.3 Å². The first kappa shape index (κ1) is 16.6. The van der Waals surface area contributed by atoms with Crippen molar-refractivity contribution in [3.63, 3.8) is 0 Å². The van der Waals surface area contributed by atoms with Crippen molar-refractivity contribution in [2.45, 2.75) is 4.34 Å². The maximum absolute atomic E-state index is 12.1. The summed E-state index contributed by atoms with van der Waals surface area (Å²) in [5.74, 6) is 1.41. The van der Waals surface area contributed by atoms with E-state index in [1.807, 2.05) is 24.3 Å². The second-order valence-corrected chi connectivity index (χ2v) is 7.11. The van der Waals surface area contributed by atoms with Crippen molar-refractivity contribution in [3.8, 4) is 11.5 Å². The van der Waals surface area contributed by atoms with Crippen LogP contribution in [-0.4, -0.2) is 30.9 Å². The molecule has 1 N–H and O–H groups in total. The fourth-order valence-electron chi connectivity index (χ4n) is 2.15. The molecule has 24 heavy (non-hydrogen) atoms. The summed E-state index contributed by atoms with van der Waals surface area (Å²) >= 11 is 3.02. The third-order valence-corrected chi connectivity index (χ3v) is 5.45. The van der Waals surface area contributed by atoms with E-state index in [0.717, 1.165) is 14.6 Å². The summed E-state index contributed by atoms with van der Waals surface area (Å²) in [7, 11) is 3.14. The second-order valence-electron chi connectivity index (χ2n) is 4.85. The fourth-order valence-corrected chi connectivity index (χ4v) is 4.02. The number of nitrogens with one attached hydrogen (secondary N) is 1. The van der Waals surface area contributed by atoms with Crippen LogP contribution in [0.1, 0.15) is 0 Å². The predicted octanol–water partition coefficient (Wildman–Crippen LogP) is 4.04. The molecule has 0 saturated carbocycles. The second kappa shape index (κ2) is 7.55. The number of methoxy groups -OCH3 is 2. The summed E-state index contributed by atoms with van der Waals surface area (Å²) < 4.78 is 12.4. The maximum atomic E-state index is 12.1. The average Bonchev–Trinajstić information content (AvgIpc) is 3.03. The number of carbonyl (C=O) groups is 1. The summed E-state index contributed by atoms with van der Waals surface area (Å²) in [5.41, 5.74) is 1.63. The molecule has 0 fully saturated rings. The van der Waals surface area contributed by atoms with Gasteiger partial charge in [-0.25, -0.2) is 4.98 Å². The van der Waals surface area contributed by atoms with Crippen molar-refractivity contribution in [2.75, 3.05) is 25.3 Å². The number of rotatable bonds is 6. The van der Waals surface area contributed by atoms with Crippen molar-refractivity contribution in [1.82, 2.24) is 4.98 Å². The zero-order valence-electron chi connectivity index (χ0n) is 13.2. The number of amides is 1. The number of nitrogens with zero attached hydrogens (tertiary/aromatic N) is 1. The van der Waals surface area contributed by atoms with Gasteiger partial charge in [0.2, 0.25) is 5.91 Å². The summed E-state index contributed by atoms with van der Waals surface area (Å²) in [6, 6.07) is 13.2. The molecule has 0 aliphatic rings. The van der Waals surface area contributed by atoms with Crippen molar-refractivity contribution in [3.05, 3.63) is 42.5 Å². The lowest BCUT2D eigenvalue weighted by Crippen LogP contribution is -2.14. The first-order chi connectivity index (χ1) is 11.7. The van der Waals surface area contributed by atoms with Crippen LogP contribution in [-0.2, 0) is 4.79 Å². The Hall–Kier alpha value is -2.25. The molecule has 7 heteroatoms. The number of hydrogen-bond acceptors (Lipinski definition) is 6. The van der Waals surface area contributed by atoms with Gasteiger partial charge in [-0.05, 0) is 24.3 Å². The van der Waals surface area contributed by atoms with Crippen LogP contribution in [0.25, 0.3) is 10.2 Å². The number of anilines is 1. The quantitative estimate of drug-likeness (QED) is 0.672. The first-order valence-corrected chi connectivity index (χ1v) is 9.00. The molecule has 3 aromatic rings. The highest BCUT2D eigenvalue weighted by atomic mass is 32.2. The van der Waals surface area contributed by atoms with E-state index in [4.69, 9.17) is 9.47 Å². The standard InChI is InChI=1S/C17H16N2O3S2/c1-21-13-8-7-11(9-14(13)22-2)18-16(20)10-23-17-19-12-5-3-4-6-15(12)24-17/h3-9H,10H2,1-2H3,(H,18,20). The SMILES string of the molecule is COc1ccc(NC(=O)CSc2nc3ccccc3s2)cc1OC. The van der Waals surface area contributed by atoms with E-state index in [9.17, 15) is 4.79 Å². The van der Waals surface area contributed by atoms with Gasteiger partial charge in [-0.3, -0.25) is 4.79 Å². The van der Waals surface area contributed by atoms with E-state index >= 15 is 0 Å². The molecule has 0 aliphatic heterocycles. The van der Waals surface area contributed by atoms with Gasteiger partial charge in [0, 0.05) is 11.8 Å². The van der Waals surface area contributed by atoms with E-state index in [-0.39, 0.29) is 5.91 Å². The number of para-hydroxylation sites is 1. The largest absolute Gasteiger partial charge is 0.493 e. The molecule has 124 valence electrons. The van der Waals surface area contributed by atoms with E-state index in [1.165, 1.54) is 11.8 Å². The molecule has 0 atom stereocenters. The molecule has 3 rings (SSSR count). The molecular weight excluding hydrogens is 344 g/mol. The van der Waals surface area contributed by atoms with Gasteiger partial charge in [-0.15, -0.1) is 11.3 Å². The van der Waals surface area contributed by atoms with Crippen LogP contribution in [0.5, 0.6) is 11.5 Å². The number of thioether (sulfide) groups is 1. The maximum Gasteiger partial charge on any atom is 0.234 e. The Bertz CT molecular complexity index is 831. The lowest BCUT2D eigenvalue weighted by atomic mass is 10.2. The van der Waals surface area contributed by atoms with E-state index in [0.29, 0.717) is 22.9 Å². The van der Waals surface area contributed by atoms with Gasteiger partial charge in [0.05, 0.1) is 30.2 Å². The highest BCUT2D eigenvalue weighted by molar-refractivity contribution is 8.01. The molecule has 0 saturated heterocycles. The van der Waals surface area contributed by atoms with Crippen molar-refractivity contribution in [2.24, 2.45) is 0 Å². The molecule has 0 aliphatic carbocycles. The number of hydrogen-bond donors (Lipinski definition) is 1. The Labute approximate surface area is 148 Å². The van der Waals surface area contributed by atoms with Crippen molar-refractivity contribution < 1.29 is 14.3 Å². The molecule has 0 bridgehead atoms. The monoisotopic (exact) mass is 360 g/mol. The lowest BCUT2D eigenvalue weighted by molar-refractivity contribution is -0.113. The van der Waals surface area contributed by atoms with Crippen LogP contribution in [0.4, 0.5) is 5.69 Å². The fraction of sp³-hybridized carbons (Fsp3) is 0.176. The van der Waals surface area contributed by atoms with E-state index in [1.54, 1.807) is 43.8 Å². The van der Waals surface area contributed by atoms with Crippen LogP contribution in [0.15, 0.2) is 46.8 Å². The topological polar surface area (TPSA) is 60.5 Å². The van der Waals surface area contributed by atoms with Gasteiger partial charge >= 0.3 is 0 Å². The minimum atomic E-state index is -0.0912. The molecule has 1 heterocycles. The van der Waals surface area contributed by atoms with Crippen LogP contribution in [0.3, 0.4) is 0 Å². The molecule has 1 aromatic heterocycles. The first-order valence-electron chi connectivity index (χ1n) is 7.20.